The first-order chi connectivity index (χ1) is 6.86. The SMILES string of the molecule is Cl.Nc1cccnc1NC1CCNCC1. The average molecular weight is 229 g/mol. The van der Waals surface area contributed by atoms with Crippen LogP contribution in [0.3, 0.4) is 0 Å². The van der Waals surface area contributed by atoms with E-state index >= 15 is 0 Å². The number of halogens is 1. The predicted octanol–water partition coefficient (Wildman–Crippen LogP) is 1.25. The number of piperidine rings is 1. The Morgan fingerprint density at radius 1 is 1.40 bits per heavy atom. The molecule has 0 aromatic carbocycles. The van der Waals surface area contributed by atoms with Crippen molar-refractivity contribution in [3.63, 3.8) is 0 Å². The van der Waals surface area contributed by atoms with E-state index in [0.717, 1.165) is 37.4 Å². The molecule has 0 saturated carbocycles. The van der Waals surface area contributed by atoms with Crippen LogP contribution in [0.25, 0.3) is 0 Å². The lowest BCUT2D eigenvalue weighted by molar-refractivity contribution is 0.478. The van der Waals surface area contributed by atoms with Crippen molar-refractivity contribution in [2.45, 2.75) is 18.9 Å². The number of rotatable bonds is 2. The number of pyridine rings is 1. The highest BCUT2D eigenvalue weighted by molar-refractivity contribution is 5.85. The van der Waals surface area contributed by atoms with E-state index in [2.05, 4.69) is 15.6 Å². The highest BCUT2D eigenvalue weighted by atomic mass is 35.5. The van der Waals surface area contributed by atoms with E-state index in [-0.39, 0.29) is 12.4 Å². The molecule has 1 aliphatic rings. The third kappa shape index (κ3) is 3.25. The van der Waals surface area contributed by atoms with E-state index in [4.69, 9.17) is 5.73 Å². The van der Waals surface area contributed by atoms with Gasteiger partial charge in [0, 0.05) is 12.2 Å². The van der Waals surface area contributed by atoms with Gasteiger partial charge in [0.2, 0.25) is 0 Å². The Morgan fingerprint density at radius 2 is 2.13 bits per heavy atom. The van der Waals surface area contributed by atoms with Crippen molar-refractivity contribution in [2.75, 3.05) is 24.1 Å². The first kappa shape index (κ1) is 12.1. The van der Waals surface area contributed by atoms with Crippen molar-refractivity contribution in [1.82, 2.24) is 10.3 Å². The fourth-order valence-electron chi connectivity index (χ4n) is 1.70. The molecule has 84 valence electrons. The molecule has 0 radical (unpaired) electrons. The summed E-state index contributed by atoms with van der Waals surface area (Å²) in [6, 6.07) is 4.23. The highest BCUT2D eigenvalue weighted by Crippen LogP contribution is 2.16. The van der Waals surface area contributed by atoms with Gasteiger partial charge < -0.3 is 16.4 Å². The molecule has 2 rings (SSSR count). The minimum absolute atomic E-state index is 0. The maximum atomic E-state index is 5.80. The summed E-state index contributed by atoms with van der Waals surface area (Å²) in [6.07, 6.45) is 4.03. The van der Waals surface area contributed by atoms with Crippen LogP contribution < -0.4 is 16.4 Å². The Morgan fingerprint density at radius 3 is 2.80 bits per heavy atom. The number of nitrogens with one attached hydrogen (secondary N) is 2. The Labute approximate surface area is 96.1 Å². The molecule has 1 fully saturated rings. The van der Waals surface area contributed by atoms with Crippen LogP contribution in [0.2, 0.25) is 0 Å². The van der Waals surface area contributed by atoms with Crippen molar-refractivity contribution in [2.24, 2.45) is 0 Å². The number of nitrogens with zero attached hydrogens (tertiary/aromatic N) is 1. The number of nitrogen functional groups attached to an aromatic ring is 1. The van der Waals surface area contributed by atoms with Crippen LogP contribution in [0.5, 0.6) is 0 Å². The Hall–Kier alpha value is -1.00. The van der Waals surface area contributed by atoms with E-state index in [1.165, 1.54) is 0 Å². The molecule has 5 heteroatoms. The maximum absolute atomic E-state index is 5.80. The first-order valence-corrected chi connectivity index (χ1v) is 5.04. The van der Waals surface area contributed by atoms with Gasteiger partial charge in [0.1, 0.15) is 5.82 Å². The molecule has 1 aromatic rings. The first-order valence-electron chi connectivity index (χ1n) is 5.04. The minimum atomic E-state index is 0. The standard InChI is InChI=1S/C10H16N4.ClH/c11-9-2-1-5-13-10(9)14-8-3-6-12-7-4-8;/h1-2,5,8,12H,3-4,6-7,11H2,(H,13,14);1H. The van der Waals surface area contributed by atoms with Gasteiger partial charge in [-0.05, 0) is 38.1 Å². The minimum Gasteiger partial charge on any atom is -0.396 e. The fraction of sp³-hybridized carbons (Fsp3) is 0.500. The van der Waals surface area contributed by atoms with Gasteiger partial charge in [-0.3, -0.25) is 0 Å². The van der Waals surface area contributed by atoms with Gasteiger partial charge in [0.15, 0.2) is 0 Å². The zero-order valence-electron chi connectivity index (χ0n) is 8.57. The molecule has 0 atom stereocenters. The van der Waals surface area contributed by atoms with Crippen LogP contribution in [-0.4, -0.2) is 24.1 Å². The molecule has 2 heterocycles. The number of aromatic nitrogens is 1. The summed E-state index contributed by atoms with van der Waals surface area (Å²) in [5.41, 5.74) is 6.52. The van der Waals surface area contributed by atoms with E-state index in [1.54, 1.807) is 6.20 Å². The van der Waals surface area contributed by atoms with Crippen LogP contribution in [0.15, 0.2) is 18.3 Å². The van der Waals surface area contributed by atoms with E-state index < -0.39 is 0 Å². The lowest BCUT2D eigenvalue weighted by atomic mass is 10.1. The summed E-state index contributed by atoms with van der Waals surface area (Å²) in [5, 5.41) is 6.70. The number of anilines is 2. The van der Waals surface area contributed by atoms with Gasteiger partial charge in [0.25, 0.3) is 0 Å². The van der Waals surface area contributed by atoms with Crippen molar-refractivity contribution in [1.29, 1.82) is 0 Å². The largest absolute Gasteiger partial charge is 0.396 e. The highest BCUT2D eigenvalue weighted by Gasteiger charge is 2.13. The van der Waals surface area contributed by atoms with Gasteiger partial charge >= 0.3 is 0 Å². The van der Waals surface area contributed by atoms with Gasteiger partial charge in [-0.25, -0.2) is 4.98 Å². The molecule has 1 aliphatic heterocycles. The molecule has 15 heavy (non-hydrogen) atoms. The second-order valence-electron chi connectivity index (χ2n) is 3.61. The number of hydrogen-bond donors (Lipinski definition) is 3. The molecule has 4 N–H and O–H groups in total. The van der Waals surface area contributed by atoms with Crippen molar-refractivity contribution < 1.29 is 0 Å². The molecule has 0 unspecified atom stereocenters. The monoisotopic (exact) mass is 228 g/mol. The lowest BCUT2D eigenvalue weighted by Gasteiger charge is -2.24. The van der Waals surface area contributed by atoms with Crippen LogP contribution in [-0.2, 0) is 0 Å². The molecular formula is C10H17ClN4. The van der Waals surface area contributed by atoms with Gasteiger partial charge in [-0.1, -0.05) is 0 Å². The number of nitrogens with two attached hydrogens (primary N) is 1. The summed E-state index contributed by atoms with van der Waals surface area (Å²) in [5.74, 6) is 0.819. The molecular weight excluding hydrogens is 212 g/mol. The zero-order valence-corrected chi connectivity index (χ0v) is 9.39. The Bertz CT molecular complexity index is 299. The van der Waals surface area contributed by atoms with Crippen molar-refractivity contribution >= 4 is 23.9 Å². The summed E-state index contributed by atoms with van der Waals surface area (Å²) >= 11 is 0. The molecule has 0 amide bonds. The summed E-state index contributed by atoms with van der Waals surface area (Å²) in [6.45, 7) is 2.15. The van der Waals surface area contributed by atoms with E-state index in [1.807, 2.05) is 12.1 Å². The summed E-state index contributed by atoms with van der Waals surface area (Å²) < 4.78 is 0. The predicted molar refractivity (Wildman–Crippen MR) is 65.4 cm³/mol. The molecule has 1 aromatic heterocycles. The van der Waals surface area contributed by atoms with Crippen LogP contribution >= 0.6 is 12.4 Å². The summed E-state index contributed by atoms with van der Waals surface area (Å²) in [7, 11) is 0. The van der Waals surface area contributed by atoms with Crippen molar-refractivity contribution in [3.8, 4) is 0 Å². The summed E-state index contributed by atoms with van der Waals surface area (Å²) in [4.78, 5) is 4.22. The normalized spacial score (nSPS) is 16.8. The van der Waals surface area contributed by atoms with E-state index in [0.29, 0.717) is 6.04 Å². The fourth-order valence-corrected chi connectivity index (χ4v) is 1.70. The smallest absolute Gasteiger partial charge is 0.149 e. The molecule has 4 nitrogen and oxygen atoms in total. The third-order valence-electron chi connectivity index (χ3n) is 2.52. The van der Waals surface area contributed by atoms with E-state index in [9.17, 15) is 0 Å². The van der Waals surface area contributed by atoms with Gasteiger partial charge in [0.05, 0.1) is 5.69 Å². The second kappa shape index (κ2) is 5.78. The lowest BCUT2D eigenvalue weighted by Crippen LogP contribution is -2.35. The molecule has 1 saturated heterocycles. The molecule has 0 bridgehead atoms. The topological polar surface area (TPSA) is 63.0 Å². The van der Waals surface area contributed by atoms with Crippen LogP contribution in [0.4, 0.5) is 11.5 Å². The number of hydrogen-bond acceptors (Lipinski definition) is 4. The Balaban J connectivity index is 0.00000112. The third-order valence-corrected chi connectivity index (χ3v) is 2.52. The average Bonchev–Trinajstić information content (AvgIpc) is 2.23. The quantitative estimate of drug-likeness (QED) is 0.713. The maximum Gasteiger partial charge on any atom is 0.149 e. The molecule has 0 spiro atoms. The second-order valence-corrected chi connectivity index (χ2v) is 3.61. The zero-order chi connectivity index (χ0) is 9.80. The molecule has 0 aliphatic carbocycles. The Kier molecular flexibility index (Phi) is 4.65. The van der Waals surface area contributed by atoms with Gasteiger partial charge in [-0.2, -0.15) is 0 Å². The van der Waals surface area contributed by atoms with Crippen LogP contribution in [0, 0.1) is 0 Å². The van der Waals surface area contributed by atoms with Crippen LogP contribution in [0.1, 0.15) is 12.8 Å². The van der Waals surface area contributed by atoms with Crippen molar-refractivity contribution in [3.05, 3.63) is 18.3 Å². The van der Waals surface area contributed by atoms with Gasteiger partial charge in [-0.15, -0.1) is 12.4 Å².